The normalized spacial score (nSPS) is 9.62. The number of carbonyl (C=O) groups excluding carboxylic acids is 1. The number of carbonyl (C=O) groups is 1. The molecule has 0 aliphatic heterocycles. The molecule has 0 unspecified atom stereocenters. The average Bonchev–Trinajstić information content (AvgIpc) is 2.09. The number of aromatic nitrogens is 1. The highest BCUT2D eigenvalue weighted by atomic mass is 16.5. The minimum atomic E-state index is -0.305. The Kier molecular flexibility index (Phi) is 3.25. The Balaban J connectivity index is 2.54. The van der Waals surface area contributed by atoms with E-state index in [-0.39, 0.29) is 18.1 Å². The van der Waals surface area contributed by atoms with E-state index in [1.165, 1.54) is 12.3 Å². The van der Waals surface area contributed by atoms with Gasteiger partial charge in [-0.15, -0.1) is 0 Å². The van der Waals surface area contributed by atoms with Gasteiger partial charge >= 0.3 is 5.97 Å². The largest absolute Gasteiger partial charge is 0.506 e. The molecule has 0 atom stereocenters. The third kappa shape index (κ3) is 3.11. The van der Waals surface area contributed by atoms with Gasteiger partial charge in [0.15, 0.2) is 0 Å². The maximum absolute atomic E-state index is 11.0. The van der Waals surface area contributed by atoms with Gasteiger partial charge in [-0.25, -0.2) is 0 Å². The second-order valence-electron chi connectivity index (χ2n) is 2.49. The molecule has 13 heavy (non-hydrogen) atoms. The number of hydrogen-bond donors (Lipinski definition) is 1. The predicted molar refractivity (Wildman–Crippen MR) is 46.2 cm³/mol. The Bertz CT molecular complexity index is 281. The molecule has 0 radical (unpaired) electrons. The Hall–Kier alpha value is -1.58. The summed E-state index contributed by atoms with van der Waals surface area (Å²) >= 11 is 0. The van der Waals surface area contributed by atoms with E-state index in [9.17, 15) is 4.79 Å². The Morgan fingerprint density at radius 2 is 2.38 bits per heavy atom. The van der Waals surface area contributed by atoms with E-state index in [4.69, 9.17) is 9.84 Å². The quantitative estimate of drug-likeness (QED) is 0.703. The lowest BCUT2D eigenvalue weighted by Crippen LogP contribution is -2.08. The first-order valence-corrected chi connectivity index (χ1v) is 4.02. The molecule has 0 fully saturated rings. The third-order valence-electron chi connectivity index (χ3n) is 1.44. The van der Waals surface area contributed by atoms with Crippen LogP contribution in [0.5, 0.6) is 5.75 Å². The van der Waals surface area contributed by atoms with Crippen molar-refractivity contribution in [2.45, 2.75) is 13.3 Å². The lowest BCUT2D eigenvalue weighted by Gasteiger charge is -2.00. The molecule has 1 aromatic heterocycles. The average molecular weight is 181 g/mol. The molecule has 0 saturated heterocycles. The minimum absolute atomic E-state index is 0.0904. The van der Waals surface area contributed by atoms with Crippen LogP contribution in [0, 0.1) is 0 Å². The highest BCUT2D eigenvalue weighted by Crippen LogP contribution is 2.06. The van der Waals surface area contributed by atoms with Crippen molar-refractivity contribution in [1.82, 2.24) is 4.98 Å². The Morgan fingerprint density at radius 3 is 2.92 bits per heavy atom. The highest BCUT2D eigenvalue weighted by Gasteiger charge is 2.04. The number of hydrogen-bond acceptors (Lipinski definition) is 4. The van der Waals surface area contributed by atoms with Gasteiger partial charge in [0.05, 0.1) is 24.9 Å². The summed E-state index contributed by atoms with van der Waals surface area (Å²) in [5.41, 5.74) is 0.594. The SMILES string of the molecule is CCOC(=O)Cc1ccc(O)cn1. The van der Waals surface area contributed by atoms with Crippen molar-refractivity contribution in [3.8, 4) is 5.75 Å². The summed E-state index contributed by atoms with van der Waals surface area (Å²) in [5, 5.41) is 8.92. The van der Waals surface area contributed by atoms with Crippen LogP contribution in [0.3, 0.4) is 0 Å². The molecule has 0 amide bonds. The van der Waals surface area contributed by atoms with Gasteiger partial charge in [0.25, 0.3) is 0 Å². The first-order valence-electron chi connectivity index (χ1n) is 4.02. The molecule has 70 valence electrons. The Morgan fingerprint density at radius 1 is 1.62 bits per heavy atom. The topological polar surface area (TPSA) is 59.4 Å². The van der Waals surface area contributed by atoms with Gasteiger partial charge in [0.2, 0.25) is 0 Å². The summed E-state index contributed by atoms with van der Waals surface area (Å²) < 4.78 is 4.73. The molecule has 4 heteroatoms. The summed E-state index contributed by atoms with van der Waals surface area (Å²) in [4.78, 5) is 14.8. The maximum Gasteiger partial charge on any atom is 0.311 e. The lowest BCUT2D eigenvalue weighted by atomic mass is 10.3. The van der Waals surface area contributed by atoms with Crippen LogP contribution in [-0.4, -0.2) is 22.7 Å². The summed E-state index contributed by atoms with van der Waals surface area (Å²) in [6, 6.07) is 3.08. The van der Waals surface area contributed by atoms with Crippen molar-refractivity contribution >= 4 is 5.97 Å². The number of esters is 1. The minimum Gasteiger partial charge on any atom is -0.506 e. The monoisotopic (exact) mass is 181 g/mol. The fourth-order valence-corrected chi connectivity index (χ4v) is 0.881. The van der Waals surface area contributed by atoms with Crippen LogP contribution in [0.1, 0.15) is 12.6 Å². The van der Waals surface area contributed by atoms with Crippen molar-refractivity contribution in [3.63, 3.8) is 0 Å². The highest BCUT2D eigenvalue weighted by molar-refractivity contribution is 5.71. The zero-order valence-corrected chi connectivity index (χ0v) is 7.36. The molecule has 4 nitrogen and oxygen atoms in total. The molecule has 0 aliphatic rings. The summed E-state index contributed by atoms with van der Waals surface area (Å²) in [5.74, 6) is -0.215. The molecule has 1 N–H and O–H groups in total. The predicted octanol–water partition coefficient (Wildman–Crippen LogP) is 0.893. The van der Waals surface area contributed by atoms with Crippen LogP contribution in [0.15, 0.2) is 18.3 Å². The Labute approximate surface area is 76.2 Å². The smallest absolute Gasteiger partial charge is 0.311 e. The van der Waals surface area contributed by atoms with Gasteiger partial charge < -0.3 is 9.84 Å². The van der Waals surface area contributed by atoms with Gasteiger partial charge in [-0.2, -0.15) is 0 Å². The lowest BCUT2D eigenvalue weighted by molar-refractivity contribution is -0.142. The first-order chi connectivity index (χ1) is 6.22. The van der Waals surface area contributed by atoms with E-state index < -0.39 is 0 Å². The number of pyridine rings is 1. The second kappa shape index (κ2) is 4.45. The zero-order chi connectivity index (χ0) is 9.68. The number of nitrogens with zero attached hydrogens (tertiary/aromatic N) is 1. The fraction of sp³-hybridized carbons (Fsp3) is 0.333. The van der Waals surface area contributed by atoms with Crippen LogP contribution in [0.25, 0.3) is 0 Å². The van der Waals surface area contributed by atoms with Gasteiger partial charge in [-0.1, -0.05) is 0 Å². The van der Waals surface area contributed by atoms with Crippen LogP contribution >= 0.6 is 0 Å². The molecule has 1 heterocycles. The molecule has 0 spiro atoms. The van der Waals surface area contributed by atoms with Crippen molar-refractivity contribution in [2.24, 2.45) is 0 Å². The molecule has 0 aliphatic carbocycles. The molecule has 1 rings (SSSR count). The van der Waals surface area contributed by atoms with Crippen molar-refractivity contribution in [3.05, 3.63) is 24.0 Å². The second-order valence-corrected chi connectivity index (χ2v) is 2.49. The maximum atomic E-state index is 11.0. The first kappa shape index (κ1) is 9.51. The van der Waals surface area contributed by atoms with Crippen LogP contribution < -0.4 is 0 Å². The van der Waals surface area contributed by atoms with Gasteiger partial charge in [-0.3, -0.25) is 9.78 Å². The molecule has 0 aromatic carbocycles. The van der Waals surface area contributed by atoms with Gasteiger partial charge in [-0.05, 0) is 19.1 Å². The van der Waals surface area contributed by atoms with Gasteiger partial charge in [0, 0.05) is 0 Å². The molecule has 1 aromatic rings. The van der Waals surface area contributed by atoms with Crippen molar-refractivity contribution < 1.29 is 14.6 Å². The fourth-order valence-electron chi connectivity index (χ4n) is 0.881. The van der Waals surface area contributed by atoms with Crippen molar-refractivity contribution in [2.75, 3.05) is 6.61 Å². The van der Waals surface area contributed by atoms with E-state index in [0.717, 1.165) is 0 Å². The molecule has 0 bridgehead atoms. The summed E-state index contributed by atoms with van der Waals surface area (Å²) in [6.07, 6.45) is 1.45. The van der Waals surface area contributed by atoms with Crippen molar-refractivity contribution in [1.29, 1.82) is 0 Å². The molecular formula is C9H11NO3. The van der Waals surface area contributed by atoms with E-state index in [2.05, 4.69) is 4.98 Å². The zero-order valence-electron chi connectivity index (χ0n) is 7.36. The van der Waals surface area contributed by atoms with Crippen LogP contribution in [0.2, 0.25) is 0 Å². The standard InChI is InChI=1S/C9H11NO3/c1-2-13-9(12)5-7-3-4-8(11)6-10-7/h3-4,6,11H,2,5H2,1H3. The number of ether oxygens (including phenoxy) is 1. The summed E-state index contributed by atoms with van der Waals surface area (Å²) in [6.45, 7) is 2.12. The van der Waals surface area contributed by atoms with E-state index >= 15 is 0 Å². The van der Waals surface area contributed by atoms with Crippen LogP contribution in [0.4, 0.5) is 0 Å². The molecular weight excluding hydrogens is 170 g/mol. The number of aromatic hydroxyl groups is 1. The van der Waals surface area contributed by atoms with Crippen LogP contribution in [-0.2, 0) is 16.0 Å². The summed E-state index contributed by atoms with van der Waals surface area (Å²) in [7, 11) is 0. The van der Waals surface area contributed by atoms with Gasteiger partial charge in [0.1, 0.15) is 5.75 Å². The number of rotatable bonds is 3. The van der Waals surface area contributed by atoms with E-state index in [0.29, 0.717) is 12.3 Å². The van der Waals surface area contributed by atoms with E-state index in [1.54, 1.807) is 13.0 Å². The molecule has 0 saturated carbocycles. The van der Waals surface area contributed by atoms with E-state index in [1.807, 2.05) is 0 Å². The third-order valence-corrected chi connectivity index (χ3v) is 1.44.